The van der Waals surface area contributed by atoms with E-state index in [4.69, 9.17) is 0 Å². The molecule has 0 aliphatic carbocycles. The van der Waals surface area contributed by atoms with E-state index in [0.717, 1.165) is 14.8 Å². The largest absolute Gasteiger partial charge is 0.339 e. The van der Waals surface area contributed by atoms with Crippen molar-refractivity contribution in [2.24, 2.45) is 0 Å². The number of hydrogen-bond acceptors (Lipinski definition) is 2. The van der Waals surface area contributed by atoms with Gasteiger partial charge in [-0.1, -0.05) is 36.4 Å². The molecule has 1 aliphatic rings. The van der Waals surface area contributed by atoms with Crippen LogP contribution in [0.3, 0.4) is 0 Å². The van der Waals surface area contributed by atoms with E-state index in [9.17, 15) is 9.59 Å². The third kappa shape index (κ3) is 2.92. The summed E-state index contributed by atoms with van der Waals surface area (Å²) in [4.78, 5) is 26.2. The fourth-order valence-corrected chi connectivity index (χ4v) is 2.91. The Morgan fingerprint density at radius 1 is 1.05 bits per heavy atom. The first-order chi connectivity index (χ1) is 10.1. The van der Waals surface area contributed by atoms with Gasteiger partial charge in [-0.15, -0.1) is 0 Å². The number of carbonyl (C=O) groups excluding carboxylic acids is 2. The van der Waals surface area contributed by atoms with E-state index >= 15 is 0 Å². The van der Waals surface area contributed by atoms with Crippen LogP contribution in [-0.4, -0.2) is 18.4 Å². The molecule has 0 saturated carbocycles. The van der Waals surface area contributed by atoms with Crippen molar-refractivity contribution in [1.82, 2.24) is 5.32 Å². The molecule has 1 atom stereocenters. The molecule has 5 heteroatoms. The molecule has 3 rings (SSSR count). The highest BCUT2D eigenvalue weighted by Gasteiger charge is 2.34. The number of benzene rings is 2. The van der Waals surface area contributed by atoms with Crippen LogP contribution in [0, 0.1) is 3.57 Å². The monoisotopic (exact) mass is 392 g/mol. The molecule has 1 aliphatic heterocycles. The lowest BCUT2D eigenvalue weighted by Crippen LogP contribution is -2.53. The Morgan fingerprint density at radius 3 is 2.52 bits per heavy atom. The van der Waals surface area contributed by atoms with E-state index in [1.54, 1.807) is 4.90 Å². The zero-order valence-corrected chi connectivity index (χ0v) is 13.3. The molecule has 4 nitrogen and oxygen atoms in total. The highest BCUT2D eigenvalue weighted by molar-refractivity contribution is 14.1. The number of piperazine rings is 1. The van der Waals surface area contributed by atoms with Gasteiger partial charge in [0.15, 0.2) is 0 Å². The number of hydrogen-bond donors (Lipinski definition) is 1. The van der Waals surface area contributed by atoms with Crippen LogP contribution in [0.1, 0.15) is 11.6 Å². The van der Waals surface area contributed by atoms with Crippen molar-refractivity contribution in [3.05, 3.63) is 63.7 Å². The van der Waals surface area contributed by atoms with Crippen LogP contribution in [0.2, 0.25) is 0 Å². The predicted octanol–water partition coefficient (Wildman–Crippen LogP) is 2.50. The first kappa shape index (κ1) is 14.1. The van der Waals surface area contributed by atoms with Gasteiger partial charge in [0.05, 0.1) is 0 Å². The number of nitrogens with one attached hydrogen (secondary N) is 1. The van der Waals surface area contributed by atoms with E-state index in [-0.39, 0.29) is 18.4 Å². The first-order valence-electron chi connectivity index (χ1n) is 6.56. The van der Waals surface area contributed by atoms with Crippen LogP contribution in [0.15, 0.2) is 54.6 Å². The Balaban J connectivity index is 1.96. The lowest BCUT2D eigenvalue weighted by atomic mass is 10.0. The highest BCUT2D eigenvalue weighted by Crippen LogP contribution is 2.25. The third-order valence-electron chi connectivity index (χ3n) is 3.37. The number of carbonyl (C=O) groups is 2. The summed E-state index contributed by atoms with van der Waals surface area (Å²) in [6.07, 6.45) is 0. The van der Waals surface area contributed by atoms with Crippen molar-refractivity contribution in [2.45, 2.75) is 6.04 Å². The molecule has 2 aromatic rings. The Kier molecular flexibility index (Phi) is 3.92. The SMILES string of the molecule is O=C1CN(c2cccc(I)c2)C(=O)C(c2ccccc2)N1. The predicted molar refractivity (Wildman–Crippen MR) is 88.8 cm³/mol. The second-order valence-corrected chi connectivity index (χ2v) is 6.06. The normalized spacial score (nSPS) is 18.5. The summed E-state index contributed by atoms with van der Waals surface area (Å²) >= 11 is 2.19. The minimum absolute atomic E-state index is 0.0578. The Morgan fingerprint density at radius 2 is 1.81 bits per heavy atom. The molecule has 0 radical (unpaired) electrons. The molecule has 1 fully saturated rings. The smallest absolute Gasteiger partial charge is 0.254 e. The van der Waals surface area contributed by atoms with Gasteiger partial charge in [-0.25, -0.2) is 0 Å². The molecule has 2 amide bonds. The summed E-state index contributed by atoms with van der Waals surface area (Å²) in [6.45, 7) is 0.0578. The second-order valence-electron chi connectivity index (χ2n) is 4.82. The van der Waals surface area contributed by atoms with Crippen LogP contribution in [0.25, 0.3) is 0 Å². The van der Waals surface area contributed by atoms with Crippen molar-refractivity contribution in [3.63, 3.8) is 0 Å². The lowest BCUT2D eigenvalue weighted by molar-refractivity contribution is -0.131. The molecule has 1 heterocycles. The van der Waals surface area contributed by atoms with Gasteiger partial charge in [0, 0.05) is 9.26 Å². The van der Waals surface area contributed by atoms with Crippen LogP contribution in [-0.2, 0) is 9.59 Å². The van der Waals surface area contributed by atoms with Gasteiger partial charge in [-0.05, 0) is 46.4 Å². The highest BCUT2D eigenvalue weighted by atomic mass is 127. The minimum Gasteiger partial charge on any atom is -0.339 e. The fraction of sp³-hybridized carbons (Fsp3) is 0.125. The summed E-state index contributed by atoms with van der Waals surface area (Å²) in [6, 6.07) is 16.3. The number of anilines is 1. The fourth-order valence-electron chi connectivity index (χ4n) is 2.38. The Labute approximate surface area is 136 Å². The quantitative estimate of drug-likeness (QED) is 0.799. The Bertz CT molecular complexity index is 688. The maximum atomic E-state index is 12.7. The van der Waals surface area contributed by atoms with Crippen LogP contribution < -0.4 is 10.2 Å². The van der Waals surface area contributed by atoms with Crippen molar-refractivity contribution < 1.29 is 9.59 Å². The molecule has 21 heavy (non-hydrogen) atoms. The van der Waals surface area contributed by atoms with E-state index in [2.05, 4.69) is 27.9 Å². The Hall–Kier alpha value is -1.89. The number of amides is 2. The van der Waals surface area contributed by atoms with Gasteiger partial charge in [0.1, 0.15) is 12.6 Å². The van der Waals surface area contributed by atoms with Crippen LogP contribution in [0.4, 0.5) is 5.69 Å². The standard InChI is InChI=1S/C16H13IN2O2/c17-12-7-4-8-13(9-12)19-10-14(20)18-15(16(19)21)11-5-2-1-3-6-11/h1-9,15H,10H2,(H,18,20). The topological polar surface area (TPSA) is 49.4 Å². The van der Waals surface area contributed by atoms with E-state index in [1.807, 2.05) is 54.6 Å². The van der Waals surface area contributed by atoms with Crippen molar-refractivity contribution in [1.29, 1.82) is 0 Å². The molecule has 1 saturated heterocycles. The molecule has 0 bridgehead atoms. The first-order valence-corrected chi connectivity index (χ1v) is 7.64. The van der Waals surface area contributed by atoms with Gasteiger partial charge in [-0.2, -0.15) is 0 Å². The summed E-state index contributed by atoms with van der Waals surface area (Å²) in [5.74, 6) is -0.259. The molecule has 1 N–H and O–H groups in total. The molecule has 0 spiro atoms. The van der Waals surface area contributed by atoms with E-state index in [0.29, 0.717) is 0 Å². The van der Waals surface area contributed by atoms with Gasteiger partial charge in [-0.3, -0.25) is 9.59 Å². The molecule has 1 unspecified atom stereocenters. The van der Waals surface area contributed by atoms with Gasteiger partial charge in [0.2, 0.25) is 5.91 Å². The summed E-state index contributed by atoms with van der Waals surface area (Å²) < 4.78 is 1.03. The van der Waals surface area contributed by atoms with Gasteiger partial charge in [0.25, 0.3) is 5.91 Å². The average molecular weight is 392 g/mol. The molecule has 106 valence electrons. The van der Waals surface area contributed by atoms with Crippen molar-refractivity contribution >= 4 is 40.1 Å². The summed E-state index contributed by atoms with van der Waals surface area (Å²) in [5.41, 5.74) is 1.55. The molecule has 2 aromatic carbocycles. The summed E-state index contributed by atoms with van der Waals surface area (Å²) in [5, 5.41) is 2.76. The van der Waals surface area contributed by atoms with Crippen LogP contribution >= 0.6 is 22.6 Å². The van der Waals surface area contributed by atoms with Crippen molar-refractivity contribution in [3.8, 4) is 0 Å². The maximum absolute atomic E-state index is 12.7. The zero-order chi connectivity index (χ0) is 14.8. The number of nitrogens with zero attached hydrogens (tertiary/aromatic N) is 1. The maximum Gasteiger partial charge on any atom is 0.254 e. The second kappa shape index (κ2) is 5.85. The van der Waals surface area contributed by atoms with E-state index in [1.165, 1.54) is 0 Å². The minimum atomic E-state index is -0.620. The van der Waals surface area contributed by atoms with Gasteiger partial charge < -0.3 is 10.2 Å². The van der Waals surface area contributed by atoms with Crippen molar-refractivity contribution in [2.75, 3.05) is 11.4 Å². The van der Waals surface area contributed by atoms with Crippen LogP contribution in [0.5, 0.6) is 0 Å². The number of halogens is 1. The summed E-state index contributed by atoms with van der Waals surface area (Å²) in [7, 11) is 0. The molecular formula is C16H13IN2O2. The number of rotatable bonds is 2. The average Bonchev–Trinajstić information content (AvgIpc) is 2.50. The lowest BCUT2D eigenvalue weighted by Gasteiger charge is -2.32. The zero-order valence-electron chi connectivity index (χ0n) is 11.1. The molecular weight excluding hydrogens is 379 g/mol. The molecule has 0 aromatic heterocycles. The van der Waals surface area contributed by atoms with E-state index < -0.39 is 6.04 Å². The third-order valence-corrected chi connectivity index (χ3v) is 4.04. The van der Waals surface area contributed by atoms with Gasteiger partial charge >= 0.3 is 0 Å².